The Bertz CT molecular complexity index is 1270. The Labute approximate surface area is 209 Å². The Balaban J connectivity index is 1.79. The SMILES string of the molecule is CCCCCCCOC(=O)c1ccc(NCc2nc3cc(C(=O)O)ccc3n2C)c(OC)c1C(=N)N. The summed E-state index contributed by atoms with van der Waals surface area (Å²) in [4.78, 5) is 28.5. The van der Waals surface area contributed by atoms with Gasteiger partial charge in [0.05, 0.1) is 53.7 Å². The zero-order valence-electron chi connectivity index (χ0n) is 20.9. The summed E-state index contributed by atoms with van der Waals surface area (Å²) < 4.78 is 12.8. The molecule has 192 valence electrons. The first-order chi connectivity index (χ1) is 17.3. The van der Waals surface area contributed by atoms with E-state index in [1.165, 1.54) is 19.2 Å². The summed E-state index contributed by atoms with van der Waals surface area (Å²) in [6, 6.07) is 8.02. The van der Waals surface area contributed by atoms with Crippen molar-refractivity contribution in [2.24, 2.45) is 12.8 Å². The summed E-state index contributed by atoms with van der Waals surface area (Å²) in [6.07, 6.45) is 5.18. The molecule has 0 amide bonds. The Hall–Kier alpha value is -4.08. The van der Waals surface area contributed by atoms with Crippen molar-refractivity contribution in [3.63, 3.8) is 0 Å². The van der Waals surface area contributed by atoms with Crippen molar-refractivity contribution in [2.45, 2.75) is 45.6 Å². The Morgan fingerprint density at radius 2 is 1.92 bits per heavy atom. The third kappa shape index (κ3) is 5.94. The number of rotatable bonds is 13. The number of nitrogen functional groups attached to an aromatic ring is 1. The van der Waals surface area contributed by atoms with Gasteiger partial charge in [0.2, 0.25) is 0 Å². The van der Waals surface area contributed by atoms with Crippen LogP contribution in [0.3, 0.4) is 0 Å². The van der Waals surface area contributed by atoms with Crippen LogP contribution in [0, 0.1) is 5.41 Å². The average Bonchev–Trinajstić information content (AvgIpc) is 3.18. The fourth-order valence-corrected chi connectivity index (χ4v) is 4.03. The summed E-state index contributed by atoms with van der Waals surface area (Å²) in [7, 11) is 3.28. The van der Waals surface area contributed by atoms with Crippen LogP contribution in [0.1, 0.15) is 71.1 Å². The number of nitrogens with one attached hydrogen (secondary N) is 2. The predicted molar refractivity (Wildman–Crippen MR) is 138 cm³/mol. The number of nitrogens with zero attached hydrogens (tertiary/aromatic N) is 2. The minimum Gasteiger partial charge on any atom is -0.494 e. The molecule has 3 rings (SSSR count). The van der Waals surface area contributed by atoms with Crippen LogP contribution in [0.5, 0.6) is 5.75 Å². The van der Waals surface area contributed by atoms with Crippen molar-refractivity contribution < 1.29 is 24.2 Å². The van der Waals surface area contributed by atoms with E-state index in [-0.39, 0.29) is 34.8 Å². The number of benzene rings is 2. The molecular formula is C26H33N5O5. The number of imidazole rings is 1. The van der Waals surface area contributed by atoms with E-state index in [1.54, 1.807) is 18.2 Å². The molecule has 10 nitrogen and oxygen atoms in total. The molecule has 0 radical (unpaired) electrons. The lowest BCUT2D eigenvalue weighted by atomic mass is 10.0. The number of esters is 1. The fraction of sp³-hybridized carbons (Fsp3) is 0.385. The molecule has 36 heavy (non-hydrogen) atoms. The highest BCUT2D eigenvalue weighted by Gasteiger charge is 2.22. The van der Waals surface area contributed by atoms with Gasteiger partial charge in [-0.25, -0.2) is 14.6 Å². The van der Waals surface area contributed by atoms with Crippen molar-refractivity contribution in [3.05, 3.63) is 52.8 Å². The normalized spacial score (nSPS) is 10.9. The number of carbonyl (C=O) groups is 2. The average molecular weight is 496 g/mol. The lowest BCUT2D eigenvalue weighted by Crippen LogP contribution is -2.20. The van der Waals surface area contributed by atoms with Gasteiger partial charge < -0.3 is 30.2 Å². The van der Waals surface area contributed by atoms with Crippen molar-refractivity contribution >= 4 is 34.5 Å². The number of unbranched alkanes of at least 4 members (excludes halogenated alkanes) is 4. The lowest BCUT2D eigenvalue weighted by molar-refractivity contribution is 0.0496. The van der Waals surface area contributed by atoms with Gasteiger partial charge in [-0.3, -0.25) is 5.41 Å². The van der Waals surface area contributed by atoms with Crippen LogP contribution in [0.15, 0.2) is 30.3 Å². The molecule has 0 aliphatic rings. The van der Waals surface area contributed by atoms with Crippen LogP contribution < -0.4 is 15.8 Å². The van der Waals surface area contributed by atoms with Gasteiger partial charge >= 0.3 is 11.9 Å². The van der Waals surface area contributed by atoms with Gasteiger partial charge in [-0.05, 0) is 36.8 Å². The summed E-state index contributed by atoms with van der Waals surface area (Å²) in [5, 5.41) is 20.5. The monoisotopic (exact) mass is 495 g/mol. The summed E-state index contributed by atoms with van der Waals surface area (Å²) in [5.74, 6) is -0.962. The molecule has 0 aliphatic heterocycles. The first-order valence-corrected chi connectivity index (χ1v) is 11.9. The van der Waals surface area contributed by atoms with Crippen LogP contribution in [0.2, 0.25) is 0 Å². The highest BCUT2D eigenvalue weighted by atomic mass is 16.5. The maximum Gasteiger partial charge on any atom is 0.339 e. The van der Waals surface area contributed by atoms with Gasteiger partial charge in [0, 0.05) is 7.05 Å². The number of carbonyl (C=O) groups excluding carboxylic acids is 1. The van der Waals surface area contributed by atoms with Crippen LogP contribution in [0.4, 0.5) is 5.69 Å². The van der Waals surface area contributed by atoms with E-state index < -0.39 is 11.9 Å². The van der Waals surface area contributed by atoms with E-state index in [9.17, 15) is 14.7 Å². The number of aryl methyl sites for hydroxylation is 1. The van der Waals surface area contributed by atoms with Crippen LogP contribution in [-0.2, 0) is 18.3 Å². The minimum atomic E-state index is -1.01. The van der Waals surface area contributed by atoms with Gasteiger partial charge in [-0.2, -0.15) is 0 Å². The smallest absolute Gasteiger partial charge is 0.339 e. The third-order valence-corrected chi connectivity index (χ3v) is 5.99. The van der Waals surface area contributed by atoms with Gasteiger partial charge in [0.1, 0.15) is 11.7 Å². The third-order valence-electron chi connectivity index (χ3n) is 5.99. The van der Waals surface area contributed by atoms with Gasteiger partial charge in [0.25, 0.3) is 0 Å². The quantitative estimate of drug-likeness (QED) is 0.118. The molecule has 5 N–H and O–H groups in total. The van der Waals surface area contributed by atoms with Crippen molar-refractivity contribution in [3.8, 4) is 5.75 Å². The number of hydrogen-bond donors (Lipinski definition) is 4. The molecule has 2 aromatic carbocycles. The predicted octanol–water partition coefficient (Wildman–Crippen LogP) is 4.30. The van der Waals surface area contributed by atoms with E-state index in [4.69, 9.17) is 20.6 Å². The zero-order valence-corrected chi connectivity index (χ0v) is 20.9. The second kappa shape index (κ2) is 12.1. The number of aromatic carboxylic acids is 1. The second-order valence-electron chi connectivity index (χ2n) is 8.48. The van der Waals surface area contributed by atoms with E-state index in [2.05, 4.69) is 17.2 Å². The number of amidine groups is 1. The standard InChI is InChI=1S/C26H33N5O5/c1-4-5-6-7-8-13-36-26(34)17-10-11-18(23(35-3)22(17)24(27)28)29-15-21-30-19-14-16(25(32)33)9-12-20(19)31(21)2/h9-12,14,29H,4-8,13,15H2,1-3H3,(H3,27,28)(H,32,33). The van der Waals surface area contributed by atoms with Gasteiger partial charge in [-0.1, -0.05) is 32.6 Å². The van der Waals surface area contributed by atoms with E-state index in [0.29, 0.717) is 23.6 Å². The number of anilines is 1. The molecule has 0 aliphatic carbocycles. The van der Waals surface area contributed by atoms with Crippen LogP contribution in [0.25, 0.3) is 11.0 Å². The van der Waals surface area contributed by atoms with Crippen LogP contribution in [-0.4, -0.2) is 46.1 Å². The number of carboxylic acid groups (broad SMARTS) is 1. The lowest BCUT2D eigenvalue weighted by Gasteiger charge is -2.17. The molecule has 1 aromatic heterocycles. The van der Waals surface area contributed by atoms with Gasteiger partial charge in [-0.15, -0.1) is 0 Å². The highest BCUT2D eigenvalue weighted by Crippen LogP contribution is 2.32. The minimum absolute atomic E-state index is 0.162. The van der Waals surface area contributed by atoms with E-state index >= 15 is 0 Å². The number of methoxy groups -OCH3 is 1. The molecule has 0 bridgehead atoms. The van der Waals surface area contributed by atoms with E-state index in [0.717, 1.165) is 37.6 Å². The first-order valence-electron chi connectivity index (χ1n) is 11.9. The van der Waals surface area contributed by atoms with Crippen molar-refractivity contribution in [1.82, 2.24) is 9.55 Å². The van der Waals surface area contributed by atoms with Crippen molar-refractivity contribution in [1.29, 1.82) is 5.41 Å². The Morgan fingerprint density at radius 3 is 2.58 bits per heavy atom. The summed E-state index contributed by atoms with van der Waals surface area (Å²) in [5.41, 5.74) is 8.21. The van der Waals surface area contributed by atoms with Crippen molar-refractivity contribution in [2.75, 3.05) is 19.0 Å². The molecule has 0 spiro atoms. The Kier molecular flexibility index (Phi) is 8.88. The highest BCUT2D eigenvalue weighted by molar-refractivity contribution is 6.09. The molecule has 10 heteroatoms. The number of fused-ring (bicyclic) bond motifs is 1. The topological polar surface area (TPSA) is 153 Å². The fourth-order valence-electron chi connectivity index (χ4n) is 4.03. The maximum atomic E-state index is 12.7. The summed E-state index contributed by atoms with van der Waals surface area (Å²) in [6.45, 7) is 2.73. The number of carboxylic acids is 1. The second-order valence-corrected chi connectivity index (χ2v) is 8.48. The molecule has 3 aromatic rings. The first kappa shape index (κ1) is 26.5. The molecule has 0 fully saturated rings. The Morgan fingerprint density at radius 1 is 1.17 bits per heavy atom. The zero-order chi connectivity index (χ0) is 26.2. The maximum absolute atomic E-state index is 12.7. The van der Waals surface area contributed by atoms with Gasteiger partial charge in [0.15, 0.2) is 5.75 Å². The molecule has 0 saturated heterocycles. The number of hydrogen-bond acceptors (Lipinski definition) is 7. The molecule has 0 atom stereocenters. The van der Waals surface area contributed by atoms with Crippen LogP contribution >= 0.6 is 0 Å². The number of aromatic nitrogens is 2. The molecule has 0 saturated carbocycles. The summed E-state index contributed by atoms with van der Waals surface area (Å²) >= 11 is 0. The number of ether oxygens (including phenoxy) is 2. The molecule has 1 heterocycles. The molecular weight excluding hydrogens is 462 g/mol. The largest absolute Gasteiger partial charge is 0.494 e. The molecule has 0 unspecified atom stereocenters. The number of nitrogens with two attached hydrogens (primary N) is 1. The van der Waals surface area contributed by atoms with E-state index in [1.807, 2.05) is 11.6 Å².